The molecule has 158 valence electrons. The van der Waals surface area contributed by atoms with Crippen molar-refractivity contribution in [3.05, 3.63) is 64.1 Å². The van der Waals surface area contributed by atoms with Crippen LogP contribution in [-0.2, 0) is 11.3 Å². The van der Waals surface area contributed by atoms with Gasteiger partial charge in [0.05, 0.1) is 5.52 Å². The Kier molecular flexibility index (Phi) is 6.40. The van der Waals surface area contributed by atoms with Crippen LogP contribution in [0.5, 0.6) is 0 Å². The highest BCUT2D eigenvalue weighted by molar-refractivity contribution is 6.31. The van der Waals surface area contributed by atoms with Gasteiger partial charge in [-0.25, -0.2) is 4.79 Å². The molecule has 1 aliphatic rings. The SMILES string of the molecule is O=C(CCn1c(=O)oc2cc(Cl)ccc21)NCCN1CCN(c2ccccc2)CC1. The van der Waals surface area contributed by atoms with Crippen molar-refractivity contribution < 1.29 is 9.21 Å². The second kappa shape index (κ2) is 9.36. The van der Waals surface area contributed by atoms with Gasteiger partial charge in [0.2, 0.25) is 5.91 Å². The Morgan fingerprint density at radius 1 is 1.03 bits per heavy atom. The Labute approximate surface area is 179 Å². The zero-order valence-electron chi connectivity index (χ0n) is 16.7. The number of carbonyl (C=O) groups is 1. The third kappa shape index (κ3) is 4.86. The molecule has 30 heavy (non-hydrogen) atoms. The highest BCUT2D eigenvalue weighted by Gasteiger charge is 2.17. The minimum atomic E-state index is -0.476. The smallest absolute Gasteiger partial charge is 0.408 e. The minimum Gasteiger partial charge on any atom is -0.408 e. The van der Waals surface area contributed by atoms with Gasteiger partial charge < -0.3 is 14.6 Å². The van der Waals surface area contributed by atoms with Crippen LogP contribution in [0.4, 0.5) is 5.69 Å². The fourth-order valence-corrected chi connectivity index (χ4v) is 3.94. The lowest BCUT2D eigenvalue weighted by molar-refractivity contribution is -0.121. The molecule has 0 bridgehead atoms. The first-order chi connectivity index (χ1) is 14.6. The van der Waals surface area contributed by atoms with Crippen molar-refractivity contribution in [1.29, 1.82) is 0 Å². The third-order valence-electron chi connectivity index (χ3n) is 5.44. The molecule has 0 aliphatic carbocycles. The number of aromatic nitrogens is 1. The van der Waals surface area contributed by atoms with Gasteiger partial charge in [-0.1, -0.05) is 29.8 Å². The Bertz CT molecular complexity index is 1060. The summed E-state index contributed by atoms with van der Waals surface area (Å²) in [6, 6.07) is 15.5. The predicted octanol–water partition coefficient (Wildman–Crippen LogP) is 2.58. The first kappa shape index (κ1) is 20.5. The Morgan fingerprint density at radius 3 is 2.57 bits per heavy atom. The summed E-state index contributed by atoms with van der Waals surface area (Å²) in [7, 11) is 0. The van der Waals surface area contributed by atoms with Gasteiger partial charge in [0.15, 0.2) is 5.58 Å². The van der Waals surface area contributed by atoms with Gasteiger partial charge in [0, 0.05) is 69.0 Å². The van der Waals surface area contributed by atoms with Crippen molar-refractivity contribution in [3.8, 4) is 0 Å². The number of piperazine rings is 1. The number of benzene rings is 2. The summed E-state index contributed by atoms with van der Waals surface area (Å²) in [5, 5.41) is 3.46. The van der Waals surface area contributed by atoms with E-state index < -0.39 is 5.76 Å². The van der Waals surface area contributed by atoms with E-state index in [1.54, 1.807) is 18.2 Å². The van der Waals surface area contributed by atoms with Crippen LogP contribution in [-0.4, -0.2) is 54.6 Å². The molecule has 1 fully saturated rings. The fourth-order valence-electron chi connectivity index (χ4n) is 3.78. The topological polar surface area (TPSA) is 70.7 Å². The van der Waals surface area contributed by atoms with E-state index in [0.717, 1.165) is 32.7 Å². The van der Waals surface area contributed by atoms with E-state index in [9.17, 15) is 9.59 Å². The highest BCUT2D eigenvalue weighted by Crippen LogP contribution is 2.18. The molecule has 4 rings (SSSR count). The number of aryl methyl sites for hydroxylation is 1. The van der Waals surface area contributed by atoms with Crippen molar-refractivity contribution in [2.75, 3.05) is 44.2 Å². The second-order valence-corrected chi connectivity index (χ2v) is 7.83. The number of hydrogen-bond donors (Lipinski definition) is 1. The van der Waals surface area contributed by atoms with Crippen LogP contribution in [0.25, 0.3) is 11.1 Å². The van der Waals surface area contributed by atoms with Crippen LogP contribution in [0.1, 0.15) is 6.42 Å². The number of anilines is 1. The van der Waals surface area contributed by atoms with E-state index in [-0.39, 0.29) is 18.9 Å². The van der Waals surface area contributed by atoms with Crippen molar-refractivity contribution >= 4 is 34.3 Å². The van der Waals surface area contributed by atoms with E-state index in [4.69, 9.17) is 16.0 Å². The molecular formula is C22H25ClN4O3. The average Bonchev–Trinajstić information content (AvgIpc) is 3.07. The molecule has 1 aliphatic heterocycles. The Hall–Kier alpha value is -2.77. The number of amides is 1. The van der Waals surface area contributed by atoms with Crippen LogP contribution >= 0.6 is 11.6 Å². The maximum Gasteiger partial charge on any atom is 0.419 e. The molecule has 2 aromatic carbocycles. The van der Waals surface area contributed by atoms with Crippen molar-refractivity contribution in [2.24, 2.45) is 0 Å². The van der Waals surface area contributed by atoms with Crippen LogP contribution in [0.2, 0.25) is 5.02 Å². The summed E-state index contributed by atoms with van der Waals surface area (Å²) in [5.41, 5.74) is 2.34. The maximum atomic E-state index is 12.2. The number of nitrogens with zero attached hydrogens (tertiary/aromatic N) is 3. The summed E-state index contributed by atoms with van der Waals surface area (Å²) < 4.78 is 6.66. The first-order valence-corrected chi connectivity index (χ1v) is 10.6. The van der Waals surface area contributed by atoms with Crippen molar-refractivity contribution in [1.82, 2.24) is 14.8 Å². The lowest BCUT2D eigenvalue weighted by Gasteiger charge is -2.36. The molecule has 8 heteroatoms. The number of oxazole rings is 1. The number of nitrogens with one attached hydrogen (secondary N) is 1. The van der Waals surface area contributed by atoms with Gasteiger partial charge in [-0.15, -0.1) is 0 Å². The molecule has 0 unspecified atom stereocenters. The zero-order chi connectivity index (χ0) is 20.9. The van der Waals surface area contributed by atoms with Gasteiger partial charge in [-0.3, -0.25) is 14.3 Å². The van der Waals surface area contributed by atoms with Gasteiger partial charge in [0.1, 0.15) is 0 Å². The van der Waals surface area contributed by atoms with Crippen LogP contribution < -0.4 is 16.0 Å². The van der Waals surface area contributed by atoms with E-state index in [0.29, 0.717) is 22.7 Å². The van der Waals surface area contributed by atoms with Crippen LogP contribution in [0.3, 0.4) is 0 Å². The molecular weight excluding hydrogens is 404 g/mol. The van der Waals surface area contributed by atoms with Crippen LogP contribution in [0.15, 0.2) is 57.7 Å². The first-order valence-electron chi connectivity index (χ1n) is 10.2. The summed E-state index contributed by atoms with van der Waals surface area (Å²) in [6.07, 6.45) is 0.221. The molecule has 1 N–H and O–H groups in total. The molecule has 7 nitrogen and oxygen atoms in total. The summed E-state index contributed by atoms with van der Waals surface area (Å²) in [4.78, 5) is 29.0. The van der Waals surface area contributed by atoms with E-state index in [1.165, 1.54) is 10.3 Å². The number of fused-ring (bicyclic) bond motifs is 1. The lowest BCUT2D eigenvalue weighted by Crippen LogP contribution is -2.48. The fraction of sp³-hybridized carbons (Fsp3) is 0.364. The monoisotopic (exact) mass is 428 g/mol. The van der Waals surface area contributed by atoms with Gasteiger partial charge in [0.25, 0.3) is 0 Å². The summed E-state index contributed by atoms with van der Waals surface area (Å²) >= 11 is 5.93. The zero-order valence-corrected chi connectivity index (χ0v) is 17.5. The molecule has 2 heterocycles. The quantitative estimate of drug-likeness (QED) is 0.626. The Morgan fingerprint density at radius 2 is 1.80 bits per heavy atom. The standard InChI is InChI=1S/C22H25ClN4O3/c23-17-6-7-19-20(16-17)30-22(29)27(19)10-8-21(28)24-9-11-25-12-14-26(15-13-25)18-4-2-1-3-5-18/h1-7,16H,8-15H2,(H,24,28). The van der Waals surface area contributed by atoms with E-state index in [1.807, 2.05) is 6.07 Å². The molecule has 1 aromatic heterocycles. The molecule has 0 radical (unpaired) electrons. The lowest BCUT2D eigenvalue weighted by atomic mass is 10.2. The second-order valence-electron chi connectivity index (χ2n) is 7.40. The van der Waals surface area contributed by atoms with Crippen LogP contribution in [0, 0.1) is 0 Å². The normalized spacial score (nSPS) is 14.9. The highest BCUT2D eigenvalue weighted by atomic mass is 35.5. The number of carbonyl (C=O) groups excluding carboxylic acids is 1. The van der Waals surface area contributed by atoms with E-state index in [2.05, 4.69) is 39.4 Å². The largest absolute Gasteiger partial charge is 0.419 e. The molecule has 0 atom stereocenters. The predicted molar refractivity (Wildman–Crippen MR) is 118 cm³/mol. The number of halogens is 1. The van der Waals surface area contributed by atoms with Gasteiger partial charge in [-0.2, -0.15) is 0 Å². The van der Waals surface area contributed by atoms with Crippen molar-refractivity contribution in [3.63, 3.8) is 0 Å². The Balaban J connectivity index is 1.19. The molecule has 3 aromatic rings. The average molecular weight is 429 g/mol. The van der Waals surface area contributed by atoms with Crippen molar-refractivity contribution in [2.45, 2.75) is 13.0 Å². The maximum absolute atomic E-state index is 12.2. The third-order valence-corrected chi connectivity index (χ3v) is 5.67. The summed E-state index contributed by atoms with van der Waals surface area (Å²) in [6.45, 7) is 5.61. The summed E-state index contributed by atoms with van der Waals surface area (Å²) in [5.74, 6) is -0.551. The molecule has 0 saturated carbocycles. The minimum absolute atomic E-state index is 0.0758. The van der Waals surface area contributed by atoms with Gasteiger partial charge in [-0.05, 0) is 24.3 Å². The molecule has 1 saturated heterocycles. The number of rotatable bonds is 7. The molecule has 0 spiro atoms. The molecule has 1 amide bonds. The number of para-hydroxylation sites is 1. The number of hydrogen-bond acceptors (Lipinski definition) is 5. The van der Waals surface area contributed by atoms with Gasteiger partial charge >= 0.3 is 5.76 Å². The van der Waals surface area contributed by atoms with E-state index >= 15 is 0 Å².